The summed E-state index contributed by atoms with van der Waals surface area (Å²) in [7, 11) is 0. The number of imide groups is 1. The number of carbonyl (C=O) groups excluding carboxylic acids is 2. The highest BCUT2D eigenvalue weighted by molar-refractivity contribution is 7.11. The first-order valence-corrected chi connectivity index (χ1v) is 7.70. The van der Waals surface area contributed by atoms with E-state index in [-0.39, 0.29) is 18.4 Å². The second-order valence-corrected chi connectivity index (χ2v) is 5.76. The predicted octanol–water partition coefficient (Wildman–Crippen LogP) is 1.35. The highest BCUT2D eigenvalue weighted by Gasteiger charge is 2.41. The zero-order valence-corrected chi connectivity index (χ0v) is 12.4. The highest BCUT2D eigenvalue weighted by Crippen LogP contribution is 2.34. The number of morpholine rings is 1. The molecule has 0 spiro atoms. The van der Waals surface area contributed by atoms with E-state index >= 15 is 0 Å². The summed E-state index contributed by atoms with van der Waals surface area (Å²) >= 11 is 1.47. The fraction of sp³-hybridized carbons (Fsp3) is 0.333. The van der Waals surface area contributed by atoms with Crippen molar-refractivity contribution in [3.8, 4) is 0 Å². The zero-order valence-electron chi connectivity index (χ0n) is 11.6. The summed E-state index contributed by atoms with van der Waals surface area (Å²) in [6, 6.07) is 3.76. The van der Waals surface area contributed by atoms with Crippen LogP contribution in [0.1, 0.15) is 4.88 Å². The van der Waals surface area contributed by atoms with Gasteiger partial charge in [-0.15, -0.1) is 17.9 Å². The molecule has 0 bridgehead atoms. The van der Waals surface area contributed by atoms with Gasteiger partial charge in [0, 0.05) is 24.5 Å². The molecule has 0 atom stereocenters. The number of rotatable bonds is 4. The van der Waals surface area contributed by atoms with Gasteiger partial charge in [0.05, 0.1) is 18.8 Å². The second-order valence-electron chi connectivity index (χ2n) is 4.81. The maximum absolute atomic E-state index is 12.6. The quantitative estimate of drug-likeness (QED) is 0.622. The normalized spacial score (nSPS) is 19.6. The minimum atomic E-state index is -0.233. The Balaban J connectivity index is 2.05. The number of amides is 2. The van der Waals surface area contributed by atoms with Crippen LogP contribution in [-0.2, 0) is 14.3 Å². The van der Waals surface area contributed by atoms with Gasteiger partial charge in [-0.1, -0.05) is 12.1 Å². The van der Waals surface area contributed by atoms with Crippen molar-refractivity contribution in [1.82, 2.24) is 9.80 Å². The number of nitrogens with zero attached hydrogens (tertiary/aromatic N) is 2. The van der Waals surface area contributed by atoms with Crippen LogP contribution in [0.15, 0.2) is 35.9 Å². The van der Waals surface area contributed by atoms with Gasteiger partial charge in [-0.05, 0) is 11.4 Å². The minimum absolute atomic E-state index is 0.231. The van der Waals surface area contributed by atoms with E-state index in [4.69, 9.17) is 4.74 Å². The Labute approximate surface area is 127 Å². The fourth-order valence-electron chi connectivity index (χ4n) is 2.58. The number of hydrogen-bond donors (Lipinski definition) is 0. The molecule has 5 nitrogen and oxygen atoms in total. The van der Waals surface area contributed by atoms with Gasteiger partial charge in [-0.3, -0.25) is 14.5 Å². The van der Waals surface area contributed by atoms with Crippen LogP contribution in [-0.4, -0.2) is 54.5 Å². The molecule has 21 heavy (non-hydrogen) atoms. The molecule has 0 saturated carbocycles. The Bertz CT molecular complexity index is 600. The monoisotopic (exact) mass is 304 g/mol. The predicted molar refractivity (Wildman–Crippen MR) is 80.5 cm³/mol. The standard InChI is InChI=1S/C15H16N2O3S/c1-2-5-17-14(18)12(11-4-3-10-21-11)13(15(17)19)16-6-8-20-9-7-16/h2-4,10H,1,5-9H2. The molecule has 2 amide bonds. The number of thiophene rings is 1. The zero-order chi connectivity index (χ0) is 14.8. The van der Waals surface area contributed by atoms with Gasteiger partial charge < -0.3 is 9.64 Å². The van der Waals surface area contributed by atoms with E-state index in [1.807, 2.05) is 22.4 Å². The molecule has 3 rings (SSSR count). The molecule has 1 fully saturated rings. The largest absolute Gasteiger partial charge is 0.378 e. The van der Waals surface area contributed by atoms with Gasteiger partial charge >= 0.3 is 0 Å². The van der Waals surface area contributed by atoms with Crippen molar-refractivity contribution in [2.24, 2.45) is 0 Å². The van der Waals surface area contributed by atoms with Crippen molar-refractivity contribution < 1.29 is 14.3 Å². The molecule has 6 heteroatoms. The van der Waals surface area contributed by atoms with E-state index in [0.717, 1.165) is 4.88 Å². The van der Waals surface area contributed by atoms with Crippen LogP contribution in [0.5, 0.6) is 0 Å². The van der Waals surface area contributed by atoms with Crippen molar-refractivity contribution in [1.29, 1.82) is 0 Å². The number of ether oxygens (including phenoxy) is 1. The third kappa shape index (κ3) is 2.41. The molecule has 2 aliphatic rings. The minimum Gasteiger partial charge on any atom is -0.378 e. The molecule has 1 saturated heterocycles. The molecule has 0 aliphatic carbocycles. The smallest absolute Gasteiger partial charge is 0.278 e. The van der Waals surface area contributed by atoms with E-state index < -0.39 is 0 Å². The Hall–Kier alpha value is -1.92. The molecule has 1 aromatic heterocycles. The van der Waals surface area contributed by atoms with Gasteiger partial charge in [0.15, 0.2) is 0 Å². The third-order valence-corrected chi connectivity index (χ3v) is 4.44. The summed E-state index contributed by atoms with van der Waals surface area (Å²) in [5.41, 5.74) is 1.02. The molecule has 0 unspecified atom stereocenters. The second kappa shape index (κ2) is 5.83. The third-order valence-electron chi connectivity index (χ3n) is 3.55. The van der Waals surface area contributed by atoms with Gasteiger partial charge in [0.2, 0.25) is 0 Å². The molecule has 0 radical (unpaired) electrons. The van der Waals surface area contributed by atoms with Crippen molar-refractivity contribution in [2.75, 3.05) is 32.8 Å². The first kappa shape index (κ1) is 14.0. The van der Waals surface area contributed by atoms with Crippen molar-refractivity contribution in [2.45, 2.75) is 0 Å². The maximum Gasteiger partial charge on any atom is 0.278 e. The van der Waals surface area contributed by atoms with Crippen LogP contribution in [0.3, 0.4) is 0 Å². The molecular weight excluding hydrogens is 288 g/mol. The Kier molecular flexibility index (Phi) is 3.90. The van der Waals surface area contributed by atoms with Crippen LogP contribution >= 0.6 is 11.3 Å². The first-order valence-electron chi connectivity index (χ1n) is 6.82. The van der Waals surface area contributed by atoms with Crippen molar-refractivity contribution in [3.05, 3.63) is 40.7 Å². The molecular formula is C15H16N2O3S. The molecule has 0 aromatic carbocycles. The average molecular weight is 304 g/mol. The van der Waals surface area contributed by atoms with Crippen molar-refractivity contribution in [3.63, 3.8) is 0 Å². The van der Waals surface area contributed by atoms with Crippen LogP contribution < -0.4 is 0 Å². The fourth-order valence-corrected chi connectivity index (χ4v) is 3.34. The molecule has 3 heterocycles. The van der Waals surface area contributed by atoms with E-state index in [9.17, 15) is 9.59 Å². The lowest BCUT2D eigenvalue weighted by Gasteiger charge is -2.29. The lowest BCUT2D eigenvalue weighted by Crippen LogP contribution is -2.40. The van der Waals surface area contributed by atoms with Crippen LogP contribution in [0.25, 0.3) is 5.57 Å². The van der Waals surface area contributed by atoms with Crippen LogP contribution in [0.2, 0.25) is 0 Å². The molecule has 110 valence electrons. The maximum atomic E-state index is 12.6. The SMILES string of the molecule is C=CCN1C(=O)C(c2cccs2)=C(N2CCOCC2)C1=O. The van der Waals surface area contributed by atoms with Crippen molar-refractivity contribution >= 4 is 28.7 Å². The van der Waals surface area contributed by atoms with Crippen LogP contribution in [0.4, 0.5) is 0 Å². The van der Waals surface area contributed by atoms with Gasteiger partial charge in [0.25, 0.3) is 11.8 Å². The summed E-state index contributed by atoms with van der Waals surface area (Å²) in [5.74, 6) is -0.464. The molecule has 0 N–H and O–H groups in total. The average Bonchev–Trinajstić information content (AvgIpc) is 3.10. The van der Waals surface area contributed by atoms with Gasteiger partial charge in [-0.25, -0.2) is 0 Å². The van der Waals surface area contributed by atoms with Gasteiger partial charge in [0.1, 0.15) is 5.70 Å². The number of carbonyl (C=O) groups is 2. The Morgan fingerprint density at radius 3 is 2.67 bits per heavy atom. The summed E-state index contributed by atoms with van der Waals surface area (Å²) < 4.78 is 5.33. The topological polar surface area (TPSA) is 49.9 Å². The Morgan fingerprint density at radius 1 is 1.29 bits per heavy atom. The Morgan fingerprint density at radius 2 is 2.05 bits per heavy atom. The molecule has 2 aliphatic heterocycles. The van der Waals surface area contributed by atoms with E-state index in [1.165, 1.54) is 16.2 Å². The lowest BCUT2D eigenvalue weighted by molar-refractivity contribution is -0.137. The van der Waals surface area contributed by atoms with E-state index in [0.29, 0.717) is 37.6 Å². The van der Waals surface area contributed by atoms with Gasteiger partial charge in [-0.2, -0.15) is 0 Å². The summed E-state index contributed by atoms with van der Waals surface area (Å²) in [6.07, 6.45) is 1.57. The number of hydrogen-bond acceptors (Lipinski definition) is 5. The van der Waals surface area contributed by atoms with E-state index in [2.05, 4.69) is 6.58 Å². The highest BCUT2D eigenvalue weighted by atomic mass is 32.1. The molecule has 1 aromatic rings. The van der Waals surface area contributed by atoms with Crippen LogP contribution in [0, 0.1) is 0 Å². The lowest BCUT2D eigenvalue weighted by atomic mass is 10.1. The summed E-state index contributed by atoms with van der Waals surface area (Å²) in [5, 5.41) is 1.91. The summed E-state index contributed by atoms with van der Waals surface area (Å²) in [4.78, 5) is 29.3. The van der Waals surface area contributed by atoms with E-state index in [1.54, 1.807) is 6.08 Å². The first-order chi connectivity index (χ1) is 10.2. The summed E-state index contributed by atoms with van der Waals surface area (Å²) in [6.45, 7) is 6.27.